The minimum absolute atomic E-state index is 0.0237. The second-order valence-corrected chi connectivity index (χ2v) is 2.53. The highest BCUT2D eigenvalue weighted by atomic mass is 16.6. The Kier molecular flexibility index (Phi) is 3.17. The quantitative estimate of drug-likeness (QED) is 0.591. The summed E-state index contributed by atoms with van der Waals surface area (Å²) < 4.78 is 4.97. The van der Waals surface area contributed by atoms with Crippen molar-refractivity contribution in [3.05, 3.63) is 27.9 Å². The number of rotatable bonds is 4. The van der Waals surface area contributed by atoms with Crippen LogP contribution in [-0.4, -0.2) is 27.6 Å². The van der Waals surface area contributed by atoms with E-state index in [0.29, 0.717) is 0 Å². The van der Waals surface area contributed by atoms with Crippen molar-refractivity contribution in [3.8, 4) is 5.75 Å². The molecule has 1 aromatic rings. The van der Waals surface area contributed by atoms with Crippen LogP contribution < -0.4 is 4.74 Å². The smallest absolute Gasteiger partial charge is 0.364 e. The zero-order valence-electron chi connectivity index (χ0n) is 7.84. The third-order valence-electron chi connectivity index (χ3n) is 1.57. The molecule has 0 aliphatic heterocycles. The molecule has 0 aliphatic carbocycles. The number of aromatic nitrogens is 1. The summed E-state index contributed by atoms with van der Waals surface area (Å²) in [6.07, 6.45) is 1.03. The van der Waals surface area contributed by atoms with Gasteiger partial charge in [-0.3, -0.25) is 0 Å². The predicted molar refractivity (Wildman–Crippen MR) is 49.0 cm³/mol. The van der Waals surface area contributed by atoms with E-state index in [0.717, 1.165) is 12.3 Å². The minimum Gasteiger partial charge on any atom is -0.489 e. The van der Waals surface area contributed by atoms with Gasteiger partial charge in [-0.05, 0) is 16.8 Å². The number of nitro groups is 1. The zero-order chi connectivity index (χ0) is 11.4. The number of carboxylic acid groups (broad SMARTS) is 1. The number of nitrogens with zero attached hydrogens (tertiary/aromatic N) is 2. The molecule has 0 saturated carbocycles. The van der Waals surface area contributed by atoms with Crippen LogP contribution >= 0.6 is 0 Å². The topological polar surface area (TPSA) is 103 Å². The fourth-order valence-corrected chi connectivity index (χ4v) is 0.969. The van der Waals surface area contributed by atoms with Crippen molar-refractivity contribution in [3.63, 3.8) is 0 Å². The van der Waals surface area contributed by atoms with E-state index in [1.165, 1.54) is 0 Å². The minimum atomic E-state index is -1.29. The van der Waals surface area contributed by atoms with Crippen LogP contribution in [-0.2, 0) is 0 Å². The maximum Gasteiger partial charge on any atom is 0.364 e. The van der Waals surface area contributed by atoms with Gasteiger partial charge in [-0.1, -0.05) is 0 Å². The molecule has 7 heteroatoms. The van der Waals surface area contributed by atoms with Gasteiger partial charge in [-0.15, -0.1) is 0 Å². The Labute approximate surface area is 84.5 Å². The van der Waals surface area contributed by atoms with Crippen LogP contribution in [0.5, 0.6) is 5.75 Å². The summed E-state index contributed by atoms with van der Waals surface area (Å²) in [5.41, 5.74) is -0.265. The number of pyridine rings is 1. The summed E-state index contributed by atoms with van der Waals surface area (Å²) in [4.78, 5) is 23.8. The Hall–Kier alpha value is -2.18. The van der Waals surface area contributed by atoms with Crippen LogP contribution in [0.25, 0.3) is 0 Å². The molecule has 1 N–H and O–H groups in total. The van der Waals surface area contributed by atoms with E-state index in [9.17, 15) is 14.9 Å². The van der Waals surface area contributed by atoms with Crippen LogP contribution in [0, 0.1) is 10.1 Å². The number of carboxylic acids is 1. The van der Waals surface area contributed by atoms with E-state index in [4.69, 9.17) is 9.84 Å². The van der Waals surface area contributed by atoms with Crippen LogP contribution in [0.3, 0.4) is 0 Å². The van der Waals surface area contributed by atoms with E-state index < -0.39 is 16.7 Å². The summed E-state index contributed by atoms with van der Waals surface area (Å²) in [6, 6.07) is 0.868. The van der Waals surface area contributed by atoms with Gasteiger partial charge in [0, 0.05) is 0 Å². The van der Waals surface area contributed by atoms with Crippen LogP contribution in [0.4, 0.5) is 5.82 Å². The van der Waals surface area contributed by atoms with Crippen molar-refractivity contribution in [1.82, 2.24) is 4.98 Å². The molecule has 0 spiro atoms. The first-order chi connectivity index (χ1) is 7.06. The number of hydrogen-bond donors (Lipinski definition) is 1. The molecule has 0 radical (unpaired) electrons. The van der Waals surface area contributed by atoms with Gasteiger partial charge in [0.25, 0.3) is 0 Å². The Morgan fingerprint density at radius 3 is 2.87 bits per heavy atom. The van der Waals surface area contributed by atoms with Gasteiger partial charge in [0.2, 0.25) is 0 Å². The van der Waals surface area contributed by atoms with Crippen molar-refractivity contribution in [2.24, 2.45) is 0 Å². The highest BCUT2D eigenvalue weighted by molar-refractivity contribution is 5.91. The lowest BCUT2D eigenvalue weighted by atomic mass is 10.2. The Balaban J connectivity index is 3.20. The largest absolute Gasteiger partial charge is 0.489 e. The number of carbonyl (C=O) groups is 1. The molecule has 1 heterocycles. The lowest BCUT2D eigenvalue weighted by Crippen LogP contribution is -2.05. The van der Waals surface area contributed by atoms with Gasteiger partial charge in [-0.2, -0.15) is 0 Å². The zero-order valence-corrected chi connectivity index (χ0v) is 7.84. The number of hydrogen-bond acceptors (Lipinski definition) is 5. The lowest BCUT2D eigenvalue weighted by Gasteiger charge is -2.03. The monoisotopic (exact) mass is 212 g/mol. The molecule has 0 atom stereocenters. The lowest BCUT2D eigenvalue weighted by molar-refractivity contribution is -0.389. The average molecular weight is 212 g/mol. The van der Waals surface area contributed by atoms with E-state index in [2.05, 4.69) is 4.98 Å². The maximum absolute atomic E-state index is 10.7. The summed E-state index contributed by atoms with van der Waals surface area (Å²) in [6.45, 7) is 1.94. The van der Waals surface area contributed by atoms with Crippen molar-refractivity contribution < 1.29 is 19.6 Å². The fourth-order valence-electron chi connectivity index (χ4n) is 0.969. The van der Waals surface area contributed by atoms with Crippen LogP contribution in [0.15, 0.2) is 12.3 Å². The van der Waals surface area contributed by atoms with Gasteiger partial charge in [0.05, 0.1) is 12.7 Å². The molecular formula is C8H8N2O5. The molecule has 15 heavy (non-hydrogen) atoms. The van der Waals surface area contributed by atoms with E-state index >= 15 is 0 Å². The summed E-state index contributed by atoms with van der Waals surface area (Å²) in [5.74, 6) is -1.78. The van der Waals surface area contributed by atoms with E-state index in [-0.39, 0.29) is 17.9 Å². The molecule has 0 aliphatic rings. The van der Waals surface area contributed by atoms with Crippen LogP contribution in [0.2, 0.25) is 0 Å². The Morgan fingerprint density at radius 1 is 1.73 bits per heavy atom. The van der Waals surface area contributed by atoms with Gasteiger partial charge in [0.1, 0.15) is 5.56 Å². The van der Waals surface area contributed by atoms with Gasteiger partial charge in [0.15, 0.2) is 11.9 Å². The molecule has 0 aromatic carbocycles. The second kappa shape index (κ2) is 4.36. The van der Waals surface area contributed by atoms with Crippen molar-refractivity contribution >= 4 is 11.8 Å². The summed E-state index contributed by atoms with van der Waals surface area (Å²) in [7, 11) is 0. The van der Waals surface area contributed by atoms with Crippen LogP contribution in [0.1, 0.15) is 17.3 Å². The third kappa shape index (κ3) is 2.39. The molecule has 0 bridgehead atoms. The fraction of sp³-hybridized carbons (Fsp3) is 0.250. The Bertz CT molecular complexity index is 404. The normalized spacial score (nSPS) is 9.67. The highest BCUT2D eigenvalue weighted by Gasteiger charge is 2.18. The number of ether oxygens (including phenoxy) is 1. The first-order valence-corrected chi connectivity index (χ1v) is 4.06. The van der Waals surface area contributed by atoms with Crippen molar-refractivity contribution in [2.75, 3.05) is 6.61 Å². The van der Waals surface area contributed by atoms with Crippen molar-refractivity contribution in [2.45, 2.75) is 6.92 Å². The molecule has 7 nitrogen and oxygen atoms in total. The summed E-state index contributed by atoms with van der Waals surface area (Å²) in [5, 5.41) is 19.1. The molecule has 0 fully saturated rings. The molecule has 80 valence electrons. The first kappa shape index (κ1) is 10.9. The van der Waals surface area contributed by atoms with Crippen molar-refractivity contribution in [1.29, 1.82) is 0 Å². The predicted octanol–water partition coefficient (Wildman–Crippen LogP) is 1.09. The van der Waals surface area contributed by atoms with Gasteiger partial charge >= 0.3 is 11.8 Å². The second-order valence-electron chi connectivity index (χ2n) is 2.53. The molecule has 1 rings (SSSR count). The molecule has 0 saturated heterocycles. The van der Waals surface area contributed by atoms with E-state index in [1.807, 2.05) is 0 Å². The highest BCUT2D eigenvalue weighted by Crippen LogP contribution is 2.21. The molecule has 0 amide bonds. The Morgan fingerprint density at radius 2 is 2.40 bits per heavy atom. The average Bonchev–Trinajstić information content (AvgIpc) is 2.18. The summed E-state index contributed by atoms with van der Waals surface area (Å²) >= 11 is 0. The molecule has 1 aromatic heterocycles. The standard InChI is InChI=1S/C8H8N2O5/c1-2-15-6-4-9-7(10(13)14)3-5(6)8(11)12/h3-4H,2H2,1H3,(H,11,12). The molecule has 0 unspecified atom stereocenters. The van der Waals surface area contributed by atoms with Gasteiger partial charge < -0.3 is 20.0 Å². The number of aromatic carboxylic acids is 1. The maximum atomic E-state index is 10.7. The molecular weight excluding hydrogens is 204 g/mol. The van der Waals surface area contributed by atoms with E-state index in [1.54, 1.807) is 6.92 Å². The third-order valence-corrected chi connectivity index (χ3v) is 1.57. The first-order valence-electron chi connectivity index (χ1n) is 4.06. The van der Waals surface area contributed by atoms with Gasteiger partial charge in [-0.25, -0.2) is 4.79 Å². The SMILES string of the molecule is CCOc1cnc([N+](=O)[O-])cc1C(=O)O.